The Labute approximate surface area is 140 Å². The van der Waals surface area contributed by atoms with E-state index in [1.54, 1.807) is 6.07 Å². The smallest absolute Gasteiger partial charge is 0.228 e. The molecule has 0 saturated heterocycles. The fourth-order valence-corrected chi connectivity index (χ4v) is 2.83. The van der Waals surface area contributed by atoms with E-state index in [2.05, 4.69) is 0 Å². The molecule has 0 fully saturated rings. The molecule has 0 aliphatic heterocycles. The van der Waals surface area contributed by atoms with Crippen molar-refractivity contribution in [3.8, 4) is 28.4 Å². The summed E-state index contributed by atoms with van der Waals surface area (Å²) in [4.78, 5) is 0. The lowest BCUT2D eigenvalue weighted by Gasteiger charge is -2.12. The van der Waals surface area contributed by atoms with Gasteiger partial charge in [-0.3, -0.25) is 5.11 Å². The van der Waals surface area contributed by atoms with Crippen LogP contribution < -0.4 is 4.74 Å². The number of rotatable bonds is 3. The Kier molecular flexibility index (Phi) is 3.64. The van der Waals surface area contributed by atoms with E-state index >= 15 is 0 Å². The molecule has 0 atom stereocenters. The third-order valence-electron chi connectivity index (χ3n) is 4.04. The maximum absolute atomic E-state index is 12.7. The van der Waals surface area contributed by atoms with Crippen LogP contribution in [-0.4, -0.2) is 0 Å². The maximum atomic E-state index is 12.7. The number of hydrogen-bond acceptors (Lipinski definition) is 1. The lowest BCUT2D eigenvalue weighted by Crippen LogP contribution is -1.89. The van der Waals surface area contributed by atoms with Crippen LogP contribution in [0.1, 0.15) is 0 Å². The zero-order valence-corrected chi connectivity index (χ0v) is 13.0. The maximum Gasteiger partial charge on any atom is 0.228 e. The Morgan fingerprint density at radius 3 is 2.17 bits per heavy atom. The van der Waals surface area contributed by atoms with Gasteiger partial charge in [0.25, 0.3) is 0 Å². The molecule has 24 heavy (non-hydrogen) atoms. The monoisotopic (exact) mass is 311 g/mol. The van der Waals surface area contributed by atoms with Crippen LogP contribution in [0, 0.1) is 0 Å². The third-order valence-corrected chi connectivity index (χ3v) is 4.04. The summed E-state index contributed by atoms with van der Waals surface area (Å²) < 4.78 is 5.99. The van der Waals surface area contributed by atoms with E-state index in [4.69, 9.17) is 4.74 Å². The van der Waals surface area contributed by atoms with Gasteiger partial charge in [0.05, 0.1) is 0 Å². The van der Waals surface area contributed by atoms with Crippen molar-refractivity contribution in [2.24, 2.45) is 0 Å². The van der Waals surface area contributed by atoms with Crippen molar-refractivity contribution >= 4 is 10.8 Å². The van der Waals surface area contributed by atoms with Gasteiger partial charge in [-0.2, -0.15) is 0 Å². The van der Waals surface area contributed by atoms with E-state index in [-0.39, 0.29) is 5.75 Å². The van der Waals surface area contributed by atoms with Gasteiger partial charge >= 0.3 is 0 Å². The van der Waals surface area contributed by atoms with Gasteiger partial charge < -0.3 is 4.74 Å². The first kappa shape index (κ1) is 14.3. The molecule has 0 spiro atoms. The Morgan fingerprint density at radius 2 is 1.29 bits per heavy atom. The molecule has 0 unspecified atom stereocenters. The van der Waals surface area contributed by atoms with Gasteiger partial charge in [0.2, 0.25) is 5.75 Å². The first-order chi connectivity index (χ1) is 11.8. The molecule has 0 aliphatic carbocycles. The van der Waals surface area contributed by atoms with Crippen molar-refractivity contribution in [1.29, 1.82) is 0 Å². The van der Waals surface area contributed by atoms with Crippen LogP contribution >= 0.6 is 0 Å². The number of ether oxygens (including phenoxy) is 1. The predicted octanol–water partition coefficient (Wildman–Crippen LogP) is 6.44. The number of para-hydroxylation sites is 1. The highest BCUT2D eigenvalue weighted by Crippen LogP contribution is 2.40. The quantitative estimate of drug-likeness (QED) is 0.428. The van der Waals surface area contributed by atoms with Gasteiger partial charge in [-0.15, -0.1) is 0 Å². The average molecular weight is 311 g/mol. The van der Waals surface area contributed by atoms with Crippen molar-refractivity contribution in [2.75, 3.05) is 0 Å². The van der Waals surface area contributed by atoms with Gasteiger partial charge in [0.15, 0.2) is 5.75 Å². The van der Waals surface area contributed by atoms with E-state index in [1.165, 1.54) is 0 Å². The number of fused-ring (bicyclic) bond motifs is 1. The molecule has 0 saturated carbocycles. The zero-order chi connectivity index (χ0) is 16.4. The summed E-state index contributed by atoms with van der Waals surface area (Å²) in [6.07, 6.45) is 0. The molecule has 115 valence electrons. The van der Waals surface area contributed by atoms with Crippen LogP contribution in [0.15, 0.2) is 91.0 Å². The molecule has 0 aromatic heterocycles. The minimum absolute atomic E-state index is 0.0871. The molecular weight excluding hydrogens is 296 g/mol. The van der Waals surface area contributed by atoms with Crippen molar-refractivity contribution in [3.05, 3.63) is 91.0 Å². The van der Waals surface area contributed by atoms with Crippen molar-refractivity contribution in [3.63, 3.8) is 0 Å². The topological polar surface area (TPSA) is 29.1 Å². The molecule has 0 amide bonds. The summed E-state index contributed by atoms with van der Waals surface area (Å²) in [5.41, 5.74) is 2.02. The first-order valence-corrected chi connectivity index (χ1v) is 7.84. The predicted molar refractivity (Wildman–Crippen MR) is 96.0 cm³/mol. The molecule has 0 heterocycles. The molecule has 2 heteroatoms. The van der Waals surface area contributed by atoms with Crippen LogP contribution in [0.5, 0.6) is 17.2 Å². The van der Waals surface area contributed by atoms with Crippen LogP contribution in [0.2, 0.25) is 0 Å². The van der Waals surface area contributed by atoms with Crippen LogP contribution in [0.4, 0.5) is 0 Å². The highest BCUT2D eigenvalue weighted by molar-refractivity contribution is 5.90. The van der Waals surface area contributed by atoms with E-state index in [0.29, 0.717) is 16.9 Å². The molecule has 0 N–H and O–H groups in total. The minimum Gasteiger partial charge on any atom is -0.453 e. The first-order valence-electron chi connectivity index (χ1n) is 7.84. The van der Waals surface area contributed by atoms with Gasteiger partial charge in [0.1, 0.15) is 5.75 Å². The summed E-state index contributed by atoms with van der Waals surface area (Å²) in [6.45, 7) is 0. The second-order valence-corrected chi connectivity index (χ2v) is 5.58. The second-order valence-electron chi connectivity index (χ2n) is 5.58. The highest BCUT2D eigenvalue weighted by Gasteiger charge is 2.13. The summed E-state index contributed by atoms with van der Waals surface area (Å²) in [5, 5.41) is 14.3. The second kappa shape index (κ2) is 6.09. The van der Waals surface area contributed by atoms with Crippen LogP contribution in [0.3, 0.4) is 0 Å². The lowest BCUT2D eigenvalue weighted by molar-refractivity contribution is 0.334. The Balaban J connectivity index is 1.78. The Hall–Kier alpha value is -3.26. The van der Waals surface area contributed by atoms with E-state index < -0.39 is 0 Å². The summed E-state index contributed by atoms with van der Waals surface area (Å²) >= 11 is 0. The average Bonchev–Trinajstić information content (AvgIpc) is 2.65. The van der Waals surface area contributed by atoms with Gasteiger partial charge in [-0.1, -0.05) is 78.9 Å². The van der Waals surface area contributed by atoms with E-state index in [1.807, 2.05) is 84.9 Å². The summed E-state index contributed by atoms with van der Waals surface area (Å²) in [6, 6.07) is 29.0. The fraction of sp³-hybridized carbons (Fsp3) is 0. The molecule has 0 aliphatic rings. The van der Waals surface area contributed by atoms with Crippen molar-refractivity contribution < 1.29 is 9.84 Å². The molecule has 4 aromatic carbocycles. The normalized spacial score (nSPS) is 10.7. The largest absolute Gasteiger partial charge is 0.453 e. The van der Waals surface area contributed by atoms with Crippen molar-refractivity contribution in [1.82, 2.24) is 0 Å². The standard InChI is InChI=1S/C22H15O2/c23-22-19-12-5-4-10-17(19)14-15-21(22)24-20-13-7-6-11-18(20)16-8-2-1-3-9-16/h1-15H. The molecule has 1 radical (unpaired) electrons. The molecular formula is C22H15O2. The van der Waals surface area contributed by atoms with Crippen molar-refractivity contribution in [2.45, 2.75) is 0 Å². The third kappa shape index (κ3) is 2.59. The Morgan fingerprint density at radius 1 is 0.583 bits per heavy atom. The van der Waals surface area contributed by atoms with Crippen LogP contribution in [-0.2, 0) is 5.11 Å². The fourth-order valence-electron chi connectivity index (χ4n) is 2.83. The van der Waals surface area contributed by atoms with E-state index in [9.17, 15) is 5.11 Å². The lowest BCUT2D eigenvalue weighted by atomic mass is 10.0. The van der Waals surface area contributed by atoms with E-state index in [0.717, 1.165) is 16.5 Å². The summed E-state index contributed by atoms with van der Waals surface area (Å²) in [5.74, 6) is 0.934. The molecule has 0 bridgehead atoms. The van der Waals surface area contributed by atoms with Crippen LogP contribution in [0.25, 0.3) is 21.9 Å². The number of benzene rings is 4. The molecule has 2 nitrogen and oxygen atoms in total. The minimum atomic E-state index is -0.0871. The van der Waals surface area contributed by atoms with Gasteiger partial charge in [-0.25, -0.2) is 0 Å². The summed E-state index contributed by atoms with van der Waals surface area (Å²) in [7, 11) is 0. The van der Waals surface area contributed by atoms with Gasteiger partial charge in [-0.05, 0) is 23.1 Å². The highest BCUT2D eigenvalue weighted by atomic mass is 16.5. The number of hydrogen-bond donors (Lipinski definition) is 0. The molecule has 4 rings (SSSR count). The Bertz CT molecular complexity index is 991. The van der Waals surface area contributed by atoms with Gasteiger partial charge in [0, 0.05) is 10.9 Å². The SMILES string of the molecule is [O]c1c(Oc2ccccc2-c2ccccc2)ccc2ccccc12. The molecule has 4 aromatic rings. The zero-order valence-electron chi connectivity index (χ0n) is 13.0.